The number of allylic oxidation sites excluding steroid dienone is 2. The van der Waals surface area contributed by atoms with Gasteiger partial charge in [-0.25, -0.2) is 0 Å². The van der Waals surface area contributed by atoms with Crippen LogP contribution in [0.3, 0.4) is 0 Å². The summed E-state index contributed by atoms with van der Waals surface area (Å²) in [5.74, 6) is 0.849. The van der Waals surface area contributed by atoms with Crippen molar-refractivity contribution in [3.8, 4) is 0 Å². The van der Waals surface area contributed by atoms with Gasteiger partial charge in [0, 0.05) is 12.6 Å². The Kier molecular flexibility index (Phi) is 21.4. The van der Waals surface area contributed by atoms with Crippen molar-refractivity contribution in [3.05, 3.63) is 48.0 Å². The van der Waals surface area contributed by atoms with Crippen LogP contribution in [-0.2, 0) is 9.53 Å². The van der Waals surface area contributed by atoms with Crippen molar-refractivity contribution in [3.63, 3.8) is 0 Å². The van der Waals surface area contributed by atoms with Gasteiger partial charge in [-0.15, -0.1) is 0 Å². The van der Waals surface area contributed by atoms with E-state index in [1.165, 1.54) is 0 Å². The van der Waals surface area contributed by atoms with Crippen molar-refractivity contribution in [2.45, 2.75) is 89.0 Å². The van der Waals surface area contributed by atoms with Gasteiger partial charge in [0.25, 0.3) is 0 Å². The Bertz CT molecular complexity index is 698. The summed E-state index contributed by atoms with van der Waals surface area (Å²) in [6, 6.07) is 7.82. The average Bonchev–Trinajstić information content (AvgIpc) is 2.74. The zero-order valence-corrected chi connectivity index (χ0v) is 23.6. The lowest BCUT2D eigenvalue weighted by molar-refractivity contribution is -0.138. The van der Waals surface area contributed by atoms with Crippen LogP contribution < -0.4 is 5.32 Å². The van der Waals surface area contributed by atoms with Gasteiger partial charge in [0.05, 0.1) is 11.4 Å². The van der Waals surface area contributed by atoms with E-state index in [1.54, 1.807) is 0 Å². The van der Waals surface area contributed by atoms with Gasteiger partial charge in [-0.05, 0) is 42.7 Å². The summed E-state index contributed by atoms with van der Waals surface area (Å²) in [5.41, 5.74) is 2.96. The van der Waals surface area contributed by atoms with Crippen LogP contribution in [0.15, 0.2) is 36.9 Å². The molecule has 0 aromatic heterocycles. The number of esters is 1. The third-order valence-electron chi connectivity index (χ3n) is 3.87. The number of nitrogens with one attached hydrogen (secondary N) is 1. The minimum Gasteiger partial charge on any atom is -0.426 e. The summed E-state index contributed by atoms with van der Waals surface area (Å²) in [5, 5.41) is 2.93. The highest BCUT2D eigenvalue weighted by atomic mass is 32.1. The summed E-state index contributed by atoms with van der Waals surface area (Å²) in [7, 11) is 1.87. The van der Waals surface area contributed by atoms with Crippen LogP contribution >= 0.6 is 12.2 Å². The van der Waals surface area contributed by atoms with Crippen molar-refractivity contribution in [2.24, 2.45) is 11.3 Å². The van der Waals surface area contributed by atoms with Gasteiger partial charge in [0.15, 0.2) is 0 Å². The molecule has 184 valence electrons. The molecule has 3 nitrogen and oxygen atoms in total. The monoisotopic (exact) mass is 463 g/mol. The zero-order chi connectivity index (χ0) is 25.9. The molecule has 0 fully saturated rings. The Hall–Kier alpha value is -1.94. The Balaban J connectivity index is -0.000000587. The summed E-state index contributed by atoms with van der Waals surface area (Å²) < 4.78 is 5.39. The molecule has 4 heteroatoms. The molecule has 0 aliphatic rings. The number of benzene rings is 1. The first-order chi connectivity index (χ1) is 14.9. The molecule has 0 heterocycles. The molecule has 1 aromatic carbocycles. The molecule has 0 unspecified atom stereocenters. The molecule has 0 aliphatic heterocycles. The van der Waals surface area contributed by atoms with Gasteiger partial charge < -0.3 is 10.1 Å². The topological polar surface area (TPSA) is 38.3 Å². The maximum atomic E-state index is 11.9. The Labute approximate surface area is 204 Å². The number of rotatable bonds is 6. The van der Waals surface area contributed by atoms with Gasteiger partial charge in [-0.3, -0.25) is 4.79 Å². The molecule has 0 aliphatic carbocycles. The molecule has 0 atom stereocenters. The molecule has 0 saturated heterocycles. The molecule has 1 aromatic rings. The second-order valence-electron chi connectivity index (χ2n) is 8.42. The van der Waals surface area contributed by atoms with Crippen LogP contribution in [0.25, 0.3) is 11.3 Å². The maximum absolute atomic E-state index is 11.9. The van der Waals surface area contributed by atoms with Crippen LogP contribution in [0.1, 0.15) is 100 Å². The summed E-state index contributed by atoms with van der Waals surface area (Å²) in [6.45, 7) is 26.3. The largest absolute Gasteiger partial charge is 0.426 e. The van der Waals surface area contributed by atoms with Gasteiger partial charge in [-0.1, -0.05) is 111 Å². The average molecular weight is 464 g/mol. The van der Waals surface area contributed by atoms with E-state index in [2.05, 4.69) is 25.7 Å². The van der Waals surface area contributed by atoms with Gasteiger partial charge in [0.1, 0.15) is 5.76 Å². The summed E-state index contributed by atoms with van der Waals surface area (Å²) >= 11 is 4.92. The normalized spacial score (nSPS) is 10.3. The highest BCUT2D eigenvalue weighted by Crippen LogP contribution is 2.27. The maximum Gasteiger partial charge on any atom is 0.311 e. The van der Waals surface area contributed by atoms with E-state index < -0.39 is 0 Å². The van der Waals surface area contributed by atoms with Gasteiger partial charge in [0.2, 0.25) is 0 Å². The Morgan fingerprint density at radius 1 is 1.12 bits per heavy atom. The number of thiocarbonyl (C=S) groups is 1. The molecular formula is C28H49NO2S. The fraction of sp³-hybridized carbons (Fsp3) is 0.571. The van der Waals surface area contributed by atoms with Crippen molar-refractivity contribution in [1.82, 2.24) is 5.32 Å². The molecule has 0 bridgehead atoms. The number of carbonyl (C=O) groups is 1. The second kappa shape index (κ2) is 19.7. The van der Waals surface area contributed by atoms with Gasteiger partial charge in [-0.2, -0.15) is 0 Å². The van der Waals surface area contributed by atoms with Crippen LogP contribution in [0.2, 0.25) is 0 Å². The third kappa shape index (κ3) is 17.7. The quantitative estimate of drug-likeness (QED) is 0.260. The summed E-state index contributed by atoms with van der Waals surface area (Å²) in [6.07, 6.45) is 3.41. The van der Waals surface area contributed by atoms with Crippen LogP contribution in [0, 0.1) is 11.3 Å². The molecule has 0 amide bonds. The van der Waals surface area contributed by atoms with E-state index in [1.807, 2.05) is 99.7 Å². The van der Waals surface area contributed by atoms with E-state index >= 15 is 0 Å². The SMILES string of the molecule is C=C(OC(=O)CC(C)(C)C)c1ccccc1/C(C)=C\C.CC.CC.CNC(=S)CC(C)C. The van der Waals surface area contributed by atoms with Crippen molar-refractivity contribution < 1.29 is 9.53 Å². The molecule has 0 spiro atoms. The van der Waals surface area contributed by atoms with Crippen LogP contribution in [-0.4, -0.2) is 18.0 Å². The third-order valence-corrected chi connectivity index (χ3v) is 4.24. The van der Waals surface area contributed by atoms with E-state index in [-0.39, 0.29) is 11.4 Å². The lowest BCUT2D eigenvalue weighted by Gasteiger charge is -2.18. The smallest absolute Gasteiger partial charge is 0.311 e. The van der Waals surface area contributed by atoms with Crippen molar-refractivity contribution >= 4 is 34.5 Å². The first-order valence-corrected chi connectivity index (χ1v) is 12.1. The molecule has 0 saturated carbocycles. The number of carbonyl (C=O) groups excluding carboxylic acids is 1. The van der Waals surface area contributed by atoms with Crippen LogP contribution in [0.4, 0.5) is 0 Å². The molecule has 0 radical (unpaired) electrons. The molecule has 32 heavy (non-hydrogen) atoms. The molecule has 1 rings (SSSR count). The second-order valence-corrected chi connectivity index (χ2v) is 8.92. The molecular weight excluding hydrogens is 414 g/mol. The van der Waals surface area contributed by atoms with Crippen molar-refractivity contribution in [1.29, 1.82) is 0 Å². The standard InChI is InChI=1S/C18H24O2.C6H13NS.2C2H6/c1-7-13(2)15-10-8-9-11-16(15)14(3)20-17(19)12-18(4,5)6;1-5(2)4-6(8)7-3;2*1-2/h7-11H,3,12H2,1-2,4-6H3;5H,4H2,1-3H3,(H,7,8);2*1-2H3/b13-7-;;;. The van der Waals surface area contributed by atoms with E-state index in [0.29, 0.717) is 18.1 Å². The Morgan fingerprint density at radius 3 is 1.94 bits per heavy atom. The van der Waals surface area contributed by atoms with Crippen LogP contribution in [0.5, 0.6) is 0 Å². The minimum absolute atomic E-state index is 0.0872. The van der Waals surface area contributed by atoms with E-state index in [9.17, 15) is 4.79 Å². The first kappa shape index (κ1) is 34.7. The van der Waals surface area contributed by atoms with Gasteiger partial charge >= 0.3 is 5.97 Å². The highest BCUT2D eigenvalue weighted by molar-refractivity contribution is 7.80. The number of ether oxygens (including phenoxy) is 1. The summed E-state index contributed by atoms with van der Waals surface area (Å²) in [4.78, 5) is 12.9. The predicted molar refractivity (Wildman–Crippen MR) is 149 cm³/mol. The number of hydrogen-bond acceptors (Lipinski definition) is 3. The fourth-order valence-corrected chi connectivity index (χ4v) is 2.69. The van der Waals surface area contributed by atoms with E-state index in [4.69, 9.17) is 17.0 Å². The highest BCUT2D eigenvalue weighted by Gasteiger charge is 2.19. The van der Waals surface area contributed by atoms with E-state index in [0.717, 1.165) is 28.1 Å². The lowest BCUT2D eigenvalue weighted by atomic mass is 9.92. The number of hydrogen-bond donors (Lipinski definition) is 1. The predicted octanol–water partition coefficient (Wildman–Crippen LogP) is 8.69. The zero-order valence-electron chi connectivity index (χ0n) is 22.8. The fourth-order valence-electron chi connectivity index (χ4n) is 2.36. The Morgan fingerprint density at radius 2 is 1.59 bits per heavy atom. The lowest BCUT2D eigenvalue weighted by Crippen LogP contribution is -2.16. The first-order valence-electron chi connectivity index (χ1n) is 11.7. The minimum atomic E-state index is -0.240. The molecule has 1 N–H and O–H groups in total. The van der Waals surface area contributed by atoms with Crippen molar-refractivity contribution in [2.75, 3.05) is 7.05 Å².